The highest BCUT2D eigenvalue weighted by atomic mass is 32.1. The SMILES string of the molecule is O=C(O)C(NC(=S)NC(=O)N1CCCC1=O)c1ccccc1. The summed E-state index contributed by atoms with van der Waals surface area (Å²) in [7, 11) is 0. The predicted octanol–water partition coefficient (Wildman–Crippen LogP) is 1.02. The van der Waals surface area contributed by atoms with Gasteiger partial charge in [0.05, 0.1) is 0 Å². The van der Waals surface area contributed by atoms with Crippen molar-refractivity contribution in [3.05, 3.63) is 35.9 Å². The number of rotatable bonds is 3. The number of aliphatic carboxylic acids is 1. The fourth-order valence-electron chi connectivity index (χ4n) is 2.13. The van der Waals surface area contributed by atoms with Gasteiger partial charge in [-0.05, 0) is 24.2 Å². The zero-order valence-corrected chi connectivity index (χ0v) is 12.4. The Hall–Kier alpha value is -2.48. The second kappa shape index (κ2) is 6.99. The van der Waals surface area contributed by atoms with E-state index in [1.54, 1.807) is 30.3 Å². The van der Waals surface area contributed by atoms with Crippen LogP contribution in [0.15, 0.2) is 30.3 Å². The van der Waals surface area contributed by atoms with Gasteiger partial charge in [0, 0.05) is 13.0 Å². The highest BCUT2D eigenvalue weighted by molar-refractivity contribution is 7.80. The van der Waals surface area contributed by atoms with Gasteiger partial charge in [0.25, 0.3) is 0 Å². The molecule has 1 saturated heterocycles. The molecule has 8 heteroatoms. The normalized spacial score (nSPS) is 15.3. The summed E-state index contributed by atoms with van der Waals surface area (Å²) in [6.45, 7) is 0.342. The van der Waals surface area contributed by atoms with E-state index in [-0.39, 0.29) is 11.0 Å². The second-order valence-corrected chi connectivity index (χ2v) is 5.14. The summed E-state index contributed by atoms with van der Waals surface area (Å²) in [5, 5.41) is 14.0. The third kappa shape index (κ3) is 3.79. The highest BCUT2D eigenvalue weighted by Gasteiger charge is 2.28. The van der Waals surface area contributed by atoms with Crippen LogP contribution in [0.4, 0.5) is 4.79 Å². The van der Waals surface area contributed by atoms with Crippen LogP contribution in [0.25, 0.3) is 0 Å². The van der Waals surface area contributed by atoms with Crippen molar-refractivity contribution < 1.29 is 19.5 Å². The van der Waals surface area contributed by atoms with Gasteiger partial charge in [-0.25, -0.2) is 9.59 Å². The second-order valence-electron chi connectivity index (χ2n) is 4.73. The number of urea groups is 1. The Kier molecular flexibility index (Phi) is 5.05. The number of carboxylic acid groups (broad SMARTS) is 1. The minimum Gasteiger partial charge on any atom is -0.479 e. The zero-order valence-electron chi connectivity index (χ0n) is 11.6. The van der Waals surface area contributed by atoms with Gasteiger partial charge in [-0.2, -0.15) is 0 Å². The number of benzene rings is 1. The number of nitrogens with zero attached hydrogens (tertiary/aromatic N) is 1. The van der Waals surface area contributed by atoms with E-state index >= 15 is 0 Å². The molecular formula is C14H15N3O4S. The summed E-state index contributed by atoms with van der Waals surface area (Å²) in [5.41, 5.74) is 0.504. The molecule has 0 bridgehead atoms. The quantitative estimate of drug-likeness (QED) is 0.719. The van der Waals surface area contributed by atoms with Crippen LogP contribution in [0.3, 0.4) is 0 Å². The van der Waals surface area contributed by atoms with E-state index in [0.717, 1.165) is 4.90 Å². The first-order valence-electron chi connectivity index (χ1n) is 6.68. The number of carbonyl (C=O) groups excluding carboxylic acids is 2. The zero-order chi connectivity index (χ0) is 16.1. The lowest BCUT2D eigenvalue weighted by molar-refractivity contribution is -0.139. The third-order valence-corrected chi connectivity index (χ3v) is 3.41. The third-order valence-electron chi connectivity index (χ3n) is 3.19. The maximum absolute atomic E-state index is 11.9. The first-order valence-corrected chi connectivity index (χ1v) is 7.09. The molecule has 1 fully saturated rings. The molecule has 1 heterocycles. The smallest absolute Gasteiger partial charge is 0.330 e. The van der Waals surface area contributed by atoms with E-state index in [1.165, 1.54) is 0 Å². The molecule has 0 aromatic heterocycles. The number of carboxylic acids is 1. The van der Waals surface area contributed by atoms with Gasteiger partial charge in [-0.3, -0.25) is 15.0 Å². The standard InChI is InChI=1S/C14H15N3O4S/c18-10-7-4-8-17(10)14(21)16-13(22)15-11(12(19)20)9-5-2-1-3-6-9/h1-3,5-6,11H,4,7-8H2,(H,19,20)(H2,15,16,21,22). The summed E-state index contributed by atoms with van der Waals surface area (Å²) in [6.07, 6.45) is 0.948. The summed E-state index contributed by atoms with van der Waals surface area (Å²) in [4.78, 5) is 35.7. The summed E-state index contributed by atoms with van der Waals surface area (Å²) in [6, 6.07) is 6.73. The summed E-state index contributed by atoms with van der Waals surface area (Å²) < 4.78 is 0. The van der Waals surface area contributed by atoms with Crippen molar-refractivity contribution in [3.8, 4) is 0 Å². The Labute approximate surface area is 132 Å². The van der Waals surface area contributed by atoms with Crippen LogP contribution in [-0.2, 0) is 9.59 Å². The average Bonchev–Trinajstić information content (AvgIpc) is 2.91. The lowest BCUT2D eigenvalue weighted by Crippen LogP contribution is -2.48. The molecule has 3 amide bonds. The van der Waals surface area contributed by atoms with Crippen molar-refractivity contribution in [2.24, 2.45) is 0 Å². The molecule has 3 N–H and O–H groups in total. The molecular weight excluding hydrogens is 306 g/mol. The Morgan fingerprint density at radius 1 is 1.27 bits per heavy atom. The van der Waals surface area contributed by atoms with Gasteiger partial charge in [0.1, 0.15) is 0 Å². The van der Waals surface area contributed by atoms with Gasteiger partial charge in [-0.15, -0.1) is 0 Å². The fraction of sp³-hybridized carbons (Fsp3) is 0.286. The van der Waals surface area contributed by atoms with Crippen molar-refractivity contribution in [2.75, 3.05) is 6.54 Å². The molecule has 1 aliphatic heterocycles. The van der Waals surface area contributed by atoms with Crippen LogP contribution in [-0.4, -0.2) is 39.6 Å². The molecule has 0 aliphatic carbocycles. The number of hydrogen-bond donors (Lipinski definition) is 3. The van der Waals surface area contributed by atoms with Gasteiger partial charge < -0.3 is 10.4 Å². The number of imide groups is 1. The lowest BCUT2D eigenvalue weighted by Gasteiger charge is -2.19. The maximum atomic E-state index is 11.9. The number of carbonyl (C=O) groups is 3. The topological polar surface area (TPSA) is 98.7 Å². The van der Waals surface area contributed by atoms with E-state index < -0.39 is 18.0 Å². The van der Waals surface area contributed by atoms with Crippen LogP contribution < -0.4 is 10.6 Å². The van der Waals surface area contributed by atoms with E-state index in [9.17, 15) is 19.5 Å². The largest absolute Gasteiger partial charge is 0.479 e. The Bertz CT molecular complexity index is 605. The van der Waals surface area contributed by atoms with Crippen LogP contribution >= 0.6 is 12.2 Å². The van der Waals surface area contributed by atoms with Crippen LogP contribution in [0.2, 0.25) is 0 Å². The van der Waals surface area contributed by atoms with E-state index in [4.69, 9.17) is 12.2 Å². The number of nitrogens with one attached hydrogen (secondary N) is 2. The number of likely N-dealkylation sites (tertiary alicyclic amines) is 1. The minimum atomic E-state index is -1.12. The maximum Gasteiger partial charge on any atom is 0.330 e. The number of thiocarbonyl (C=S) groups is 1. The monoisotopic (exact) mass is 321 g/mol. The molecule has 0 spiro atoms. The molecule has 1 atom stereocenters. The molecule has 7 nitrogen and oxygen atoms in total. The summed E-state index contributed by atoms with van der Waals surface area (Å²) >= 11 is 4.96. The van der Waals surface area contributed by atoms with Gasteiger partial charge in [-0.1, -0.05) is 30.3 Å². The number of hydrogen-bond acceptors (Lipinski definition) is 4. The van der Waals surface area contributed by atoms with Crippen LogP contribution in [0, 0.1) is 0 Å². The van der Waals surface area contributed by atoms with E-state index in [0.29, 0.717) is 24.9 Å². The first kappa shape index (κ1) is 15.9. The Morgan fingerprint density at radius 3 is 2.50 bits per heavy atom. The molecule has 0 saturated carbocycles. The minimum absolute atomic E-state index is 0.138. The molecule has 1 aromatic rings. The van der Waals surface area contributed by atoms with Crippen molar-refractivity contribution >= 4 is 35.2 Å². The summed E-state index contributed by atoms with van der Waals surface area (Å²) in [5.74, 6) is -1.39. The molecule has 22 heavy (non-hydrogen) atoms. The Balaban J connectivity index is 1.98. The lowest BCUT2D eigenvalue weighted by atomic mass is 10.1. The van der Waals surface area contributed by atoms with Gasteiger partial charge in [0.2, 0.25) is 5.91 Å². The highest BCUT2D eigenvalue weighted by Crippen LogP contribution is 2.13. The molecule has 1 aliphatic rings. The van der Waals surface area contributed by atoms with Crippen LogP contribution in [0.1, 0.15) is 24.4 Å². The van der Waals surface area contributed by atoms with Crippen molar-refractivity contribution in [2.45, 2.75) is 18.9 Å². The van der Waals surface area contributed by atoms with Gasteiger partial charge >= 0.3 is 12.0 Å². The van der Waals surface area contributed by atoms with Crippen molar-refractivity contribution in [1.82, 2.24) is 15.5 Å². The van der Waals surface area contributed by atoms with Crippen molar-refractivity contribution in [3.63, 3.8) is 0 Å². The number of amides is 3. The van der Waals surface area contributed by atoms with E-state index in [1.807, 2.05) is 0 Å². The van der Waals surface area contributed by atoms with Crippen LogP contribution in [0.5, 0.6) is 0 Å². The molecule has 116 valence electrons. The molecule has 1 unspecified atom stereocenters. The van der Waals surface area contributed by atoms with Crippen molar-refractivity contribution in [1.29, 1.82) is 0 Å². The Morgan fingerprint density at radius 2 is 1.95 bits per heavy atom. The van der Waals surface area contributed by atoms with E-state index in [2.05, 4.69) is 10.6 Å². The molecule has 1 aromatic carbocycles. The average molecular weight is 321 g/mol. The fourth-order valence-corrected chi connectivity index (χ4v) is 2.33. The molecule has 2 rings (SSSR count). The molecule has 0 radical (unpaired) electrons. The van der Waals surface area contributed by atoms with Gasteiger partial charge in [0.15, 0.2) is 11.2 Å². The predicted molar refractivity (Wildman–Crippen MR) is 82.0 cm³/mol. The first-order chi connectivity index (χ1) is 10.5.